The molecule has 0 aromatic carbocycles. The summed E-state index contributed by atoms with van der Waals surface area (Å²) in [6.07, 6.45) is 7.76. The highest BCUT2D eigenvalue weighted by molar-refractivity contribution is 7.98. The lowest BCUT2D eigenvalue weighted by molar-refractivity contribution is -0.132. The summed E-state index contributed by atoms with van der Waals surface area (Å²) >= 11 is 1.76. The van der Waals surface area contributed by atoms with Gasteiger partial charge in [0.25, 0.3) is 0 Å². The first-order valence-electron chi connectivity index (χ1n) is 6.72. The Bertz CT molecular complexity index is 272. The Balaban J connectivity index is 1.94. The van der Waals surface area contributed by atoms with Gasteiger partial charge in [-0.1, -0.05) is 0 Å². The van der Waals surface area contributed by atoms with E-state index in [1.807, 2.05) is 0 Å². The standard InChI is InChI=1S/C13H24N2OS/c1-14-8-3-5-11(14)12-6-4-9-15(12)13(16)7-10-17-2/h11-12H,3-10H2,1-2H3/t11-,12+/m0/s1. The summed E-state index contributed by atoms with van der Waals surface area (Å²) in [5.41, 5.74) is 0. The third-order valence-corrected chi connectivity index (χ3v) is 4.77. The summed E-state index contributed by atoms with van der Waals surface area (Å²) in [5, 5.41) is 0. The molecule has 1 amide bonds. The van der Waals surface area contributed by atoms with Crippen LogP contribution in [0, 0.1) is 0 Å². The molecule has 0 aromatic rings. The Morgan fingerprint density at radius 3 is 2.59 bits per heavy atom. The number of thioether (sulfide) groups is 1. The first-order chi connectivity index (χ1) is 8.24. The number of likely N-dealkylation sites (tertiary alicyclic amines) is 2. The summed E-state index contributed by atoms with van der Waals surface area (Å²) in [6, 6.07) is 1.12. The van der Waals surface area contributed by atoms with E-state index in [4.69, 9.17) is 0 Å². The molecule has 0 saturated carbocycles. The van der Waals surface area contributed by atoms with Crippen LogP contribution in [0.5, 0.6) is 0 Å². The van der Waals surface area contributed by atoms with Crippen LogP contribution in [0.4, 0.5) is 0 Å². The summed E-state index contributed by atoms with van der Waals surface area (Å²) in [6.45, 7) is 2.19. The molecule has 2 rings (SSSR count). The van der Waals surface area contributed by atoms with Gasteiger partial charge in [0.2, 0.25) is 5.91 Å². The predicted molar refractivity (Wildman–Crippen MR) is 73.4 cm³/mol. The lowest BCUT2D eigenvalue weighted by atomic mass is 10.0. The van der Waals surface area contributed by atoms with E-state index in [1.54, 1.807) is 11.8 Å². The number of hydrogen-bond acceptors (Lipinski definition) is 3. The number of amides is 1. The van der Waals surface area contributed by atoms with E-state index in [-0.39, 0.29) is 0 Å². The monoisotopic (exact) mass is 256 g/mol. The second kappa shape index (κ2) is 6.10. The van der Waals surface area contributed by atoms with Crippen molar-refractivity contribution in [3.8, 4) is 0 Å². The summed E-state index contributed by atoms with van der Waals surface area (Å²) in [7, 11) is 2.21. The number of carbonyl (C=O) groups is 1. The molecule has 0 bridgehead atoms. The topological polar surface area (TPSA) is 23.6 Å². The highest BCUT2D eigenvalue weighted by Gasteiger charge is 2.37. The second-order valence-electron chi connectivity index (χ2n) is 5.23. The lowest BCUT2D eigenvalue weighted by Crippen LogP contribution is -2.47. The molecule has 2 aliphatic rings. The zero-order chi connectivity index (χ0) is 12.3. The maximum absolute atomic E-state index is 12.2. The van der Waals surface area contributed by atoms with E-state index in [9.17, 15) is 4.79 Å². The van der Waals surface area contributed by atoms with Crippen LogP contribution in [-0.4, -0.2) is 59.9 Å². The maximum atomic E-state index is 12.2. The lowest BCUT2D eigenvalue weighted by Gasteiger charge is -2.33. The van der Waals surface area contributed by atoms with E-state index in [0.717, 1.165) is 12.3 Å². The number of rotatable bonds is 4. The van der Waals surface area contributed by atoms with Gasteiger partial charge < -0.3 is 9.80 Å². The number of carbonyl (C=O) groups excluding carboxylic acids is 1. The molecular weight excluding hydrogens is 232 g/mol. The van der Waals surface area contributed by atoms with Gasteiger partial charge in [0, 0.05) is 30.8 Å². The third kappa shape index (κ3) is 2.97. The average Bonchev–Trinajstić information content (AvgIpc) is 2.93. The van der Waals surface area contributed by atoms with Crippen LogP contribution in [0.15, 0.2) is 0 Å². The molecule has 0 N–H and O–H groups in total. The molecule has 3 nitrogen and oxygen atoms in total. The molecule has 2 aliphatic heterocycles. The van der Waals surface area contributed by atoms with Crippen molar-refractivity contribution >= 4 is 17.7 Å². The van der Waals surface area contributed by atoms with Crippen LogP contribution < -0.4 is 0 Å². The minimum Gasteiger partial charge on any atom is -0.338 e. The number of hydrogen-bond donors (Lipinski definition) is 0. The van der Waals surface area contributed by atoms with E-state index in [1.165, 1.54) is 32.2 Å². The van der Waals surface area contributed by atoms with Crippen molar-refractivity contribution in [2.24, 2.45) is 0 Å². The zero-order valence-electron chi connectivity index (χ0n) is 11.0. The SMILES string of the molecule is CSCCC(=O)N1CCC[C@@H]1[C@@H]1CCCN1C. The Kier molecular flexibility index (Phi) is 4.74. The first kappa shape index (κ1) is 13.2. The molecule has 0 spiro atoms. The quantitative estimate of drug-likeness (QED) is 0.766. The highest BCUT2D eigenvalue weighted by atomic mass is 32.2. The largest absolute Gasteiger partial charge is 0.338 e. The van der Waals surface area contributed by atoms with Crippen LogP contribution in [0.2, 0.25) is 0 Å². The van der Waals surface area contributed by atoms with E-state index in [0.29, 0.717) is 24.4 Å². The van der Waals surface area contributed by atoms with Gasteiger partial charge >= 0.3 is 0 Å². The fourth-order valence-electron chi connectivity index (χ4n) is 3.26. The molecule has 98 valence electrons. The van der Waals surface area contributed by atoms with Crippen LogP contribution in [0.1, 0.15) is 32.1 Å². The molecular formula is C13H24N2OS. The van der Waals surface area contributed by atoms with Gasteiger partial charge in [-0.15, -0.1) is 0 Å². The van der Waals surface area contributed by atoms with Crippen molar-refractivity contribution in [3.63, 3.8) is 0 Å². The van der Waals surface area contributed by atoms with Gasteiger partial charge in [0.15, 0.2) is 0 Å². The molecule has 0 radical (unpaired) electrons. The van der Waals surface area contributed by atoms with Gasteiger partial charge in [-0.2, -0.15) is 11.8 Å². The van der Waals surface area contributed by atoms with Crippen molar-refractivity contribution in [1.82, 2.24) is 9.80 Å². The molecule has 2 fully saturated rings. The van der Waals surface area contributed by atoms with Crippen LogP contribution in [0.25, 0.3) is 0 Å². The fourth-order valence-corrected chi connectivity index (χ4v) is 3.64. The Morgan fingerprint density at radius 1 is 1.24 bits per heavy atom. The van der Waals surface area contributed by atoms with Gasteiger partial charge in [0.1, 0.15) is 0 Å². The Hall–Kier alpha value is -0.220. The average molecular weight is 256 g/mol. The molecule has 0 aromatic heterocycles. The van der Waals surface area contributed by atoms with Crippen molar-refractivity contribution in [3.05, 3.63) is 0 Å². The Labute approximate surface area is 109 Å². The smallest absolute Gasteiger partial charge is 0.223 e. The van der Waals surface area contributed by atoms with Gasteiger partial charge in [-0.25, -0.2) is 0 Å². The molecule has 4 heteroatoms. The minimum absolute atomic E-state index is 0.377. The normalized spacial score (nSPS) is 30.1. The van der Waals surface area contributed by atoms with Crippen LogP contribution >= 0.6 is 11.8 Å². The first-order valence-corrected chi connectivity index (χ1v) is 8.12. The Morgan fingerprint density at radius 2 is 1.94 bits per heavy atom. The molecule has 2 atom stereocenters. The summed E-state index contributed by atoms with van der Waals surface area (Å²) in [4.78, 5) is 16.8. The van der Waals surface area contributed by atoms with E-state index >= 15 is 0 Å². The summed E-state index contributed by atoms with van der Waals surface area (Å²) in [5.74, 6) is 1.34. The molecule has 17 heavy (non-hydrogen) atoms. The minimum atomic E-state index is 0.377. The molecule has 0 unspecified atom stereocenters. The zero-order valence-corrected chi connectivity index (χ0v) is 11.8. The number of likely N-dealkylation sites (N-methyl/N-ethyl adjacent to an activating group) is 1. The van der Waals surface area contributed by atoms with E-state index in [2.05, 4.69) is 23.1 Å². The van der Waals surface area contributed by atoms with Gasteiger partial charge in [0.05, 0.1) is 0 Å². The van der Waals surface area contributed by atoms with Crippen molar-refractivity contribution in [1.29, 1.82) is 0 Å². The second-order valence-corrected chi connectivity index (χ2v) is 6.22. The van der Waals surface area contributed by atoms with Crippen molar-refractivity contribution in [2.75, 3.05) is 32.1 Å². The van der Waals surface area contributed by atoms with E-state index < -0.39 is 0 Å². The molecule has 2 saturated heterocycles. The third-order valence-electron chi connectivity index (χ3n) is 4.16. The van der Waals surface area contributed by atoms with Crippen molar-refractivity contribution in [2.45, 2.75) is 44.2 Å². The van der Waals surface area contributed by atoms with Gasteiger partial charge in [-0.05, 0) is 45.5 Å². The highest BCUT2D eigenvalue weighted by Crippen LogP contribution is 2.29. The number of nitrogens with zero attached hydrogens (tertiary/aromatic N) is 2. The summed E-state index contributed by atoms with van der Waals surface area (Å²) < 4.78 is 0. The molecule has 0 aliphatic carbocycles. The van der Waals surface area contributed by atoms with Crippen LogP contribution in [-0.2, 0) is 4.79 Å². The van der Waals surface area contributed by atoms with Crippen LogP contribution in [0.3, 0.4) is 0 Å². The fraction of sp³-hybridized carbons (Fsp3) is 0.923. The predicted octanol–water partition coefficient (Wildman–Crippen LogP) is 1.82. The van der Waals surface area contributed by atoms with Crippen molar-refractivity contribution < 1.29 is 4.79 Å². The maximum Gasteiger partial charge on any atom is 0.223 e. The molecule has 2 heterocycles. The van der Waals surface area contributed by atoms with Gasteiger partial charge in [-0.3, -0.25) is 4.79 Å².